The molecule has 0 saturated heterocycles. The van der Waals surface area contributed by atoms with E-state index in [1.807, 2.05) is 20.8 Å². The molecule has 2 aromatic heterocycles. The van der Waals surface area contributed by atoms with Gasteiger partial charge < -0.3 is 15.8 Å². The van der Waals surface area contributed by atoms with Gasteiger partial charge in [-0.05, 0) is 45.4 Å². The molecule has 2 rings (SSSR count). The molecule has 2 heterocycles. The molecule has 0 fully saturated rings. The lowest BCUT2D eigenvalue weighted by Crippen LogP contribution is -2.26. The smallest absolute Gasteiger partial charge is 0.392 e. The summed E-state index contributed by atoms with van der Waals surface area (Å²) >= 11 is 0. The van der Waals surface area contributed by atoms with Crippen LogP contribution in [0.25, 0.3) is 0 Å². The molecule has 0 bridgehead atoms. The van der Waals surface area contributed by atoms with Crippen molar-refractivity contribution in [2.45, 2.75) is 51.9 Å². The molecule has 160 valence electrons. The minimum Gasteiger partial charge on any atom is -0.477 e. The summed E-state index contributed by atoms with van der Waals surface area (Å²) in [5.41, 5.74) is 6.55. The second-order valence-corrected chi connectivity index (χ2v) is 7.44. The van der Waals surface area contributed by atoms with E-state index in [0.29, 0.717) is 11.1 Å². The zero-order valence-corrected chi connectivity index (χ0v) is 17.0. The minimum atomic E-state index is -4.26. The van der Waals surface area contributed by atoms with Gasteiger partial charge in [0.1, 0.15) is 0 Å². The first-order valence-electron chi connectivity index (χ1n) is 9.00. The van der Waals surface area contributed by atoms with Crippen LogP contribution in [0.3, 0.4) is 0 Å². The molecule has 0 aliphatic heterocycles. The molecule has 2 aromatic rings. The van der Waals surface area contributed by atoms with Gasteiger partial charge in [0, 0.05) is 35.8 Å². The number of ether oxygens (including phenoxy) is 1. The average Bonchev–Trinajstić information content (AvgIpc) is 2.60. The van der Waals surface area contributed by atoms with Crippen molar-refractivity contribution in [1.29, 1.82) is 0 Å². The Balaban J connectivity index is 0.000000749. The Kier molecular flexibility index (Phi) is 9.03. The largest absolute Gasteiger partial charge is 0.477 e. The zero-order chi connectivity index (χ0) is 22.1. The highest BCUT2D eigenvalue weighted by Crippen LogP contribution is 2.20. The third kappa shape index (κ3) is 11.7. The molecule has 0 aromatic carbocycles. The number of nitrogens with zero attached hydrogens (tertiary/aromatic N) is 2. The Labute approximate surface area is 168 Å². The van der Waals surface area contributed by atoms with E-state index >= 15 is 0 Å². The van der Waals surface area contributed by atoms with Crippen molar-refractivity contribution >= 4 is 5.91 Å². The van der Waals surface area contributed by atoms with Gasteiger partial charge in [0.15, 0.2) is 0 Å². The van der Waals surface area contributed by atoms with Crippen molar-refractivity contribution in [3.05, 3.63) is 54.0 Å². The molecule has 1 amide bonds. The SMILES string of the molecule is CC(C)(C)N.CC(NC(=O)c1ccncc1)c1ccc(OCCC(F)(F)F)nc1. The minimum absolute atomic E-state index is 0. The number of nitrogens with two attached hydrogens (primary N) is 1. The number of carbonyl (C=O) groups excluding carboxylic acids is 1. The molecule has 9 heteroatoms. The molecule has 0 saturated carbocycles. The van der Waals surface area contributed by atoms with Crippen LogP contribution < -0.4 is 15.8 Å². The lowest BCUT2D eigenvalue weighted by Gasteiger charge is -2.14. The molecular formula is C20H27F3N4O2. The fourth-order valence-electron chi connectivity index (χ4n) is 1.87. The van der Waals surface area contributed by atoms with Gasteiger partial charge in [-0.1, -0.05) is 6.07 Å². The van der Waals surface area contributed by atoms with Gasteiger partial charge in [-0.2, -0.15) is 13.2 Å². The van der Waals surface area contributed by atoms with Crippen molar-refractivity contribution in [2.75, 3.05) is 6.61 Å². The molecule has 3 N–H and O–H groups in total. The molecule has 0 aliphatic rings. The number of carbonyl (C=O) groups is 1. The van der Waals surface area contributed by atoms with Crippen LogP contribution in [-0.2, 0) is 0 Å². The number of halogens is 3. The Bertz CT molecular complexity index is 739. The van der Waals surface area contributed by atoms with Crippen LogP contribution in [0.1, 0.15) is 56.1 Å². The lowest BCUT2D eigenvalue weighted by atomic mass is 10.1. The molecular weight excluding hydrogens is 385 g/mol. The topological polar surface area (TPSA) is 90.1 Å². The maximum Gasteiger partial charge on any atom is 0.392 e. The number of hydrogen-bond acceptors (Lipinski definition) is 5. The zero-order valence-electron chi connectivity index (χ0n) is 17.0. The predicted molar refractivity (Wildman–Crippen MR) is 104 cm³/mol. The number of alkyl halides is 3. The molecule has 1 unspecified atom stereocenters. The monoisotopic (exact) mass is 412 g/mol. The fraction of sp³-hybridized carbons (Fsp3) is 0.450. The number of pyridine rings is 2. The van der Waals surface area contributed by atoms with E-state index in [-0.39, 0.29) is 23.4 Å². The second kappa shape index (κ2) is 10.8. The van der Waals surface area contributed by atoms with Crippen molar-refractivity contribution in [3.63, 3.8) is 0 Å². The third-order valence-corrected chi connectivity index (χ3v) is 3.18. The van der Waals surface area contributed by atoms with Gasteiger partial charge in [0.25, 0.3) is 5.91 Å². The summed E-state index contributed by atoms with van der Waals surface area (Å²) < 4.78 is 41.1. The molecule has 0 radical (unpaired) electrons. The van der Waals surface area contributed by atoms with Gasteiger partial charge in [-0.3, -0.25) is 9.78 Å². The summed E-state index contributed by atoms with van der Waals surface area (Å²) in [7, 11) is 0. The Hall–Kier alpha value is -2.68. The normalized spacial score (nSPS) is 12.4. The van der Waals surface area contributed by atoms with Crippen LogP contribution in [0.15, 0.2) is 42.9 Å². The van der Waals surface area contributed by atoms with E-state index in [2.05, 4.69) is 15.3 Å². The fourth-order valence-corrected chi connectivity index (χ4v) is 1.87. The second-order valence-electron chi connectivity index (χ2n) is 7.44. The summed E-state index contributed by atoms with van der Waals surface area (Å²) in [6.07, 6.45) is -0.788. The molecule has 0 spiro atoms. The molecule has 0 aliphatic carbocycles. The summed E-state index contributed by atoms with van der Waals surface area (Å²) in [5.74, 6) is -0.147. The van der Waals surface area contributed by atoms with E-state index in [9.17, 15) is 18.0 Å². The highest BCUT2D eigenvalue weighted by Gasteiger charge is 2.26. The quantitative estimate of drug-likeness (QED) is 0.747. The van der Waals surface area contributed by atoms with Gasteiger partial charge >= 0.3 is 6.18 Å². The van der Waals surface area contributed by atoms with Crippen LogP contribution in [0.4, 0.5) is 13.2 Å². The first-order chi connectivity index (χ1) is 13.3. The van der Waals surface area contributed by atoms with E-state index in [1.54, 1.807) is 25.1 Å². The predicted octanol–water partition coefficient (Wildman–Crippen LogP) is 4.04. The van der Waals surface area contributed by atoms with Gasteiger partial charge in [-0.25, -0.2) is 4.98 Å². The number of hydrogen-bond donors (Lipinski definition) is 2. The van der Waals surface area contributed by atoms with E-state index in [1.165, 1.54) is 24.7 Å². The van der Waals surface area contributed by atoms with Crippen molar-refractivity contribution in [3.8, 4) is 5.88 Å². The highest BCUT2D eigenvalue weighted by atomic mass is 19.4. The maximum absolute atomic E-state index is 12.0. The van der Waals surface area contributed by atoms with Crippen molar-refractivity contribution in [2.24, 2.45) is 5.73 Å². The van der Waals surface area contributed by atoms with E-state index in [0.717, 1.165) is 0 Å². The van der Waals surface area contributed by atoms with Crippen LogP contribution in [-0.4, -0.2) is 34.2 Å². The van der Waals surface area contributed by atoms with Crippen LogP contribution in [0.5, 0.6) is 5.88 Å². The lowest BCUT2D eigenvalue weighted by molar-refractivity contribution is -0.139. The van der Waals surface area contributed by atoms with E-state index < -0.39 is 19.2 Å². The summed E-state index contributed by atoms with van der Waals surface area (Å²) in [5, 5.41) is 2.80. The van der Waals surface area contributed by atoms with Gasteiger partial charge in [0.05, 0.1) is 19.1 Å². The number of rotatable bonds is 6. The van der Waals surface area contributed by atoms with Crippen LogP contribution in [0.2, 0.25) is 0 Å². The third-order valence-electron chi connectivity index (χ3n) is 3.18. The first-order valence-corrected chi connectivity index (χ1v) is 9.00. The summed E-state index contributed by atoms with van der Waals surface area (Å²) in [4.78, 5) is 19.8. The first kappa shape index (κ1) is 24.4. The number of amides is 1. The molecule has 6 nitrogen and oxygen atoms in total. The van der Waals surface area contributed by atoms with Crippen LogP contribution >= 0.6 is 0 Å². The number of nitrogens with one attached hydrogen (secondary N) is 1. The Morgan fingerprint density at radius 1 is 1.17 bits per heavy atom. The standard InChI is InChI=1S/C16H16F3N3O2.C4H11N/c1-11(22-15(23)12-4-7-20-8-5-12)13-2-3-14(21-10-13)24-9-6-16(17,18)19;1-4(2,3)5/h2-5,7-8,10-11H,6,9H2,1H3,(H,22,23);5H2,1-3H3. The summed E-state index contributed by atoms with van der Waals surface area (Å²) in [6.45, 7) is 7.19. The molecule has 29 heavy (non-hydrogen) atoms. The number of aromatic nitrogens is 2. The highest BCUT2D eigenvalue weighted by molar-refractivity contribution is 5.94. The molecule has 1 atom stereocenters. The van der Waals surface area contributed by atoms with Gasteiger partial charge in [0.2, 0.25) is 5.88 Å². The average molecular weight is 412 g/mol. The van der Waals surface area contributed by atoms with Crippen molar-refractivity contribution in [1.82, 2.24) is 15.3 Å². The van der Waals surface area contributed by atoms with Crippen molar-refractivity contribution < 1.29 is 22.7 Å². The Morgan fingerprint density at radius 2 is 1.76 bits per heavy atom. The van der Waals surface area contributed by atoms with Gasteiger partial charge in [-0.15, -0.1) is 0 Å². The van der Waals surface area contributed by atoms with E-state index in [4.69, 9.17) is 10.5 Å². The maximum atomic E-state index is 12.0. The van der Waals surface area contributed by atoms with Crippen LogP contribution in [0, 0.1) is 0 Å². The summed E-state index contributed by atoms with van der Waals surface area (Å²) in [6, 6.07) is 5.99. The Morgan fingerprint density at radius 3 is 2.24 bits per heavy atom.